The highest BCUT2D eigenvalue weighted by Gasteiger charge is 2.32. The van der Waals surface area contributed by atoms with Gasteiger partial charge in [-0.3, -0.25) is 4.79 Å². The quantitative estimate of drug-likeness (QED) is 0.558. The molecule has 6 nitrogen and oxygen atoms in total. The highest BCUT2D eigenvalue weighted by molar-refractivity contribution is 7.91. The number of hydrogen-bond acceptors (Lipinski definition) is 5. The molecule has 1 aromatic carbocycles. The molecule has 0 N–H and O–H groups in total. The van der Waals surface area contributed by atoms with Gasteiger partial charge in [-0.05, 0) is 38.5 Å². The Kier molecular flexibility index (Phi) is 5.38. The molecule has 0 radical (unpaired) electrons. The molecule has 1 aliphatic rings. The van der Waals surface area contributed by atoms with Crippen molar-refractivity contribution in [3.05, 3.63) is 58.4 Å². The lowest BCUT2D eigenvalue weighted by Gasteiger charge is -2.16. The maximum absolute atomic E-state index is 13.6. The molecule has 0 spiro atoms. The Labute approximate surface area is 161 Å². The number of rotatable bonds is 5. The summed E-state index contributed by atoms with van der Waals surface area (Å²) in [6.45, 7) is 2.76. The number of aromatic nitrogens is 1. The number of ether oxygens (including phenoxy) is 1. The minimum absolute atomic E-state index is 0.0124. The molecule has 2 heterocycles. The van der Waals surface area contributed by atoms with E-state index in [1.807, 2.05) is 0 Å². The molecule has 1 fully saturated rings. The van der Waals surface area contributed by atoms with E-state index < -0.39 is 45.4 Å². The summed E-state index contributed by atoms with van der Waals surface area (Å²) >= 11 is 0. The number of Topliss-reactive ketones (excluding diaryl/α,β-unsaturated/α-hetero) is 1. The van der Waals surface area contributed by atoms with Gasteiger partial charge in [-0.1, -0.05) is 6.07 Å². The number of nitrogens with zero attached hydrogens (tertiary/aromatic N) is 1. The summed E-state index contributed by atoms with van der Waals surface area (Å²) in [7, 11) is -3.09. The smallest absolute Gasteiger partial charge is 0.344 e. The van der Waals surface area contributed by atoms with Crippen molar-refractivity contribution >= 4 is 21.6 Å². The number of sulfone groups is 1. The zero-order chi connectivity index (χ0) is 20.6. The van der Waals surface area contributed by atoms with Crippen LogP contribution in [0.1, 0.15) is 44.6 Å². The molecule has 9 heteroatoms. The lowest BCUT2D eigenvalue weighted by Crippen LogP contribution is -2.18. The van der Waals surface area contributed by atoms with E-state index in [1.165, 1.54) is 0 Å². The van der Waals surface area contributed by atoms with Crippen molar-refractivity contribution in [3.8, 4) is 0 Å². The second kappa shape index (κ2) is 7.46. The number of ketones is 1. The van der Waals surface area contributed by atoms with Gasteiger partial charge in [0.15, 0.2) is 16.4 Å². The highest BCUT2D eigenvalue weighted by Crippen LogP contribution is 2.29. The fourth-order valence-corrected chi connectivity index (χ4v) is 5.27. The van der Waals surface area contributed by atoms with Crippen LogP contribution < -0.4 is 0 Å². The van der Waals surface area contributed by atoms with Crippen LogP contribution >= 0.6 is 0 Å². The van der Waals surface area contributed by atoms with Gasteiger partial charge in [0.1, 0.15) is 17.2 Å². The largest absolute Gasteiger partial charge is 0.454 e. The second-order valence-electron chi connectivity index (χ2n) is 6.81. The molecule has 1 aromatic heterocycles. The van der Waals surface area contributed by atoms with Gasteiger partial charge in [0.25, 0.3) is 0 Å². The van der Waals surface area contributed by atoms with Crippen LogP contribution in [-0.2, 0) is 14.6 Å². The fraction of sp³-hybridized carbons (Fsp3) is 0.368. The zero-order valence-electron chi connectivity index (χ0n) is 15.4. The summed E-state index contributed by atoms with van der Waals surface area (Å²) in [5.74, 6) is -3.83. The number of carbonyl (C=O) groups is 2. The SMILES string of the molecule is Cc1cc(C(=O)COC(=O)c2c(F)cccc2F)c(C)n1[C@@H]1CCS(=O)(=O)C1. The first-order valence-electron chi connectivity index (χ1n) is 8.64. The third-order valence-electron chi connectivity index (χ3n) is 4.86. The Hall–Kier alpha value is -2.55. The molecule has 0 amide bonds. The third-order valence-corrected chi connectivity index (χ3v) is 6.61. The average Bonchev–Trinajstić information content (AvgIpc) is 3.11. The summed E-state index contributed by atoms with van der Waals surface area (Å²) in [5.41, 5.74) is 0.715. The van der Waals surface area contributed by atoms with Crippen LogP contribution in [0.4, 0.5) is 8.78 Å². The van der Waals surface area contributed by atoms with Crippen LogP contribution in [0.5, 0.6) is 0 Å². The van der Waals surface area contributed by atoms with Crippen LogP contribution in [0.3, 0.4) is 0 Å². The summed E-state index contributed by atoms with van der Waals surface area (Å²) in [4.78, 5) is 24.4. The minimum atomic E-state index is -3.09. The minimum Gasteiger partial charge on any atom is -0.454 e. The standard InChI is InChI=1S/C19H19F2NO5S/c1-11-8-14(12(2)22(11)13-6-7-28(25,26)10-13)17(23)9-27-19(24)18-15(20)4-3-5-16(18)21/h3-5,8,13H,6-7,9-10H2,1-2H3/t13-/m1/s1. The van der Waals surface area contributed by atoms with Gasteiger partial charge in [-0.25, -0.2) is 22.0 Å². The Balaban J connectivity index is 1.75. The maximum Gasteiger partial charge on any atom is 0.344 e. The van der Waals surface area contributed by atoms with Gasteiger partial charge in [0.05, 0.1) is 11.5 Å². The second-order valence-corrected chi connectivity index (χ2v) is 9.04. The van der Waals surface area contributed by atoms with Gasteiger partial charge >= 0.3 is 5.97 Å². The zero-order valence-corrected chi connectivity index (χ0v) is 16.2. The number of esters is 1. The van der Waals surface area contributed by atoms with Crippen molar-refractivity contribution in [3.63, 3.8) is 0 Å². The van der Waals surface area contributed by atoms with E-state index >= 15 is 0 Å². The molecule has 1 aliphatic heterocycles. The first-order valence-corrected chi connectivity index (χ1v) is 10.5. The molecule has 0 unspecified atom stereocenters. The van der Waals surface area contributed by atoms with Gasteiger partial charge in [0.2, 0.25) is 5.78 Å². The van der Waals surface area contributed by atoms with E-state index in [2.05, 4.69) is 0 Å². The van der Waals surface area contributed by atoms with Gasteiger partial charge in [0, 0.05) is 23.0 Å². The van der Waals surface area contributed by atoms with E-state index in [4.69, 9.17) is 4.74 Å². The average molecular weight is 411 g/mol. The monoisotopic (exact) mass is 411 g/mol. The molecule has 0 saturated carbocycles. The van der Waals surface area contributed by atoms with Gasteiger partial charge < -0.3 is 9.30 Å². The van der Waals surface area contributed by atoms with Crippen LogP contribution in [0.2, 0.25) is 0 Å². The number of aryl methyl sites for hydroxylation is 1. The van der Waals surface area contributed by atoms with Crippen molar-refractivity contribution in [2.45, 2.75) is 26.3 Å². The number of benzene rings is 1. The Bertz CT molecular complexity index is 1040. The van der Waals surface area contributed by atoms with Crippen molar-refractivity contribution in [2.24, 2.45) is 0 Å². The van der Waals surface area contributed by atoms with Crippen molar-refractivity contribution in [1.29, 1.82) is 0 Å². The van der Waals surface area contributed by atoms with Crippen LogP contribution in [0.15, 0.2) is 24.3 Å². The molecule has 28 heavy (non-hydrogen) atoms. The summed E-state index contributed by atoms with van der Waals surface area (Å²) in [5, 5.41) is 0. The number of carbonyl (C=O) groups excluding carboxylic acids is 2. The summed E-state index contributed by atoms with van der Waals surface area (Å²) < 4.78 is 57.3. The molecule has 0 aliphatic carbocycles. The van der Waals surface area contributed by atoms with E-state index in [0.717, 1.165) is 23.9 Å². The maximum atomic E-state index is 13.6. The molecule has 0 bridgehead atoms. The predicted molar refractivity (Wildman–Crippen MR) is 97.2 cm³/mol. The van der Waals surface area contributed by atoms with E-state index in [0.29, 0.717) is 12.1 Å². The summed E-state index contributed by atoms with van der Waals surface area (Å²) in [6, 6.07) is 4.31. The van der Waals surface area contributed by atoms with Gasteiger partial charge in [-0.15, -0.1) is 0 Å². The normalized spacial score (nSPS) is 18.2. The lowest BCUT2D eigenvalue weighted by molar-refractivity contribution is 0.0465. The fourth-order valence-electron chi connectivity index (χ4n) is 3.57. The lowest BCUT2D eigenvalue weighted by atomic mass is 10.1. The number of halogens is 2. The summed E-state index contributed by atoms with van der Waals surface area (Å²) in [6.07, 6.45) is 0.466. The van der Waals surface area contributed by atoms with Gasteiger partial charge in [-0.2, -0.15) is 0 Å². The molecule has 2 aromatic rings. The van der Waals surface area contributed by atoms with E-state index in [1.54, 1.807) is 24.5 Å². The van der Waals surface area contributed by atoms with Crippen LogP contribution in [0.25, 0.3) is 0 Å². The topological polar surface area (TPSA) is 82.4 Å². The van der Waals surface area contributed by atoms with E-state index in [-0.39, 0.29) is 23.1 Å². The van der Waals surface area contributed by atoms with Crippen LogP contribution in [-0.4, -0.2) is 42.9 Å². The predicted octanol–water partition coefficient (Wildman–Crippen LogP) is 2.78. The molecule has 3 rings (SSSR count). The van der Waals surface area contributed by atoms with Crippen LogP contribution in [0, 0.1) is 25.5 Å². The van der Waals surface area contributed by atoms with Crippen molar-refractivity contribution in [1.82, 2.24) is 4.57 Å². The molecule has 150 valence electrons. The Morgan fingerprint density at radius 3 is 2.43 bits per heavy atom. The molecule has 1 saturated heterocycles. The first kappa shape index (κ1) is 20.2. The van der Waals surface area contributed by atoms with Crippen molar-refractivity contribution < 1.29 is 31.5 Å². The highest BCUT2D eigenvalue weighted by atomic mass is 32.2. The Morgan fingerprint density at radius 2 is 1.86 bits per heavy atom. The molecular weight excluding hydrogens is 392 g/mol. The third kappa shape index (κ3) is 3.84. The van der Waals surface area contributed by atoms with Crippen molar-refractivity contribution in [2.75, 3.05) is 18.1 Å². The Morgan fingerprint density at radius 1 is 1.21 bits per heavy atom. The molecular formula is C19H19F2NO5S. The number of hydrogen-bond donors (Lipinski definition) is 0. The molecule has 1 atom stereocenters. The first-order chi connectivity index (χ1) is 13.1. The van der Waals surface area contributed by atoms with E-state index in [9.17, 15) is 26.8 Å².